The van der Waals surface area contributed by atoms with E-state index in [1.807, 2.05) is 29.2 Å². The number of aromatic nitrogens is 2. The number of fused-ring (bicyclic) bond motifs is 1. The van der Waals surface area contributed by atoms with Gasteiger partial charge in [0.2, 0.25) is 11.9 Å². The van der Waals surface area contributed by atoms with Gasteiger partial charge in [0, 0.05) is 87.1 Å². The van der Waals surface area contributed by atoms with Crippen LogP contribution in [0.25, 0.3) is 0 Å². The number of aliphatic hydroxyl groups is 6. The third-order valence-corrected chi connectivity index (χ3v) is 13.2. The standard InChI is InChI=1S/C42H58Cl2N8O8S/c1-48(16-17-53)42-46-31(40(59)49(2)22-35(55)38(57)39(58)36(56)23-54)20-37(47-42)45-13-7-3-4-8-26-18-30(44)27(19-29(26)43)21-50-25-61-24-34(50)41(60)52-15-14-51(28-11-12-28)32-9-5-6-10-33(32)52/h5-6,9-10,18-20,28,34-36,38-39,53-58H,3-4,7-8,11-17,21-25H2,1-2H3,(H,45,46,47)/t34-,35-,36+,38+,39+/m0/s1. The van der Waals surface area contributed by atoms with E-state index in [0.717, 1.165) is 71.3 Å². The first-order chi connectivity index (χ1) is 29.3. The number of carbonyl (C=O) groups is 2. The van der Waals surface area contributed by atoms with Gasteiger partial charge < -0.3 is 55.6 Å². The quantitative estimate of drug-likeness (QED) is 0.0767. The minimum absolute atomic E-state index is 0.00836. The van der Waals surface area contributed by atoms with Gasteiger partial charge in [0.05, 0.1) is 30.6 Å². The van der Waals surface area contributed by atoms with Gasteiger partial charge in [-0.1, -0.05) is 41.8 Å². The molecule has 3 aromatic rings. The molecule has 5 atom stereocenters. The molecule has 2 amide bonds. The highest BCUT2D eigenvalue weighted by molar-refractivity contribution is 7.99. The average molecular weight is 906 g/mol. The number of aryl methyl sites for hydroxylation is 1. The molecule has 61 heavy (non-hydrogen) atoms. The van der Waals surface area contributed by atoms with Crippen molar-refractivity contribution < 1.29 is 40.2 Å². The molecule has 1 saturated carbocycles. The van der Waals surface area contributed by atoms with Crippen LogP contribution in [0, 0.1) is 0 Å². The first kappa shape index (κ1) is 47.0. The van der Waals surface area contributed by atoms with Crippen LogP contribution in [-0.2, 0) is 17.8 Å². The molecule has 3 heterocycles. The van der Waals surface area contributed by atoms with Gasteiger partial charge in [0.1, 0.15) is 35.9 Å². The largest absolute Gasteiger partial charge is 0.395 e. The topological polar surface area (TPSA) is 210 Å². The maximum absolute atomic E-state index is 14.1. The van der Waals surface area contributed by atoms with Crippen molar-refractivity contribution in [3.8, 4) is 0 Å². The number of nitrogens with zero attached hydrogens (tertiary/aromatic N) is 7. The Bertz CT molecular complexity index is 1970. The minimum Gasteiger partial charge on any atom is -0.395 e. The molecule has 1 aromatic heterocycles. The van der Waals surface area contributed by atoms with E-state index >= 15 is 0 Å². The number of anilines is 4. The molecule has 19 heteroatoms. The van der Waals surface area contributed by atoms with Crippen molar-refractivity contribution >= 4 is 69.9 Å². The molecule has 1 aliphatic carbocycles. The Balaban J connectivity index is 0.999. The molecule has 3 aliphatic rings. The molecule has 2 aromatic carbocycles. The molecule has 0 unspecified atom stereocenters. The number of benzene rings is 2. The van der Waals surface area contributed by atoms with Crippen LogP contribution in [0.1, 0.15) is 53.7 Å². The minimum atomic E-state index is -1.83. The lowest BCUT2D eigenvalue weighted by atomic mass is 10.0. The number of likely N-dealkylation sites (N-methyl/N-ethyl adjacent to an activating group) is 2. The highest BCUT2D eigenvalue weighted by Gasteiger charge is 2.40. The third kappa shape index (κ3) is 11.8. The number of para-hydroxylation sites is 2. The lowest BCUT2D eigenvalue weighted by Gasteiger charge is -2.39. The lowest BCUT2D eigenvalue weighted by molar-refractivity contribution is -0.122. The van der Waals surface area contributed by atoms with Gasteiger partial charge in [-0.3, -0.25) is 14.5 Å². The highest BCUT2D eigenvalue weighted by atomic mass is 35.5. The van der Waals surface area contributed by atoms with Gasteiger partial charge in [-0.2, -0.15) is 4.98 Å². The predicted molar refractivity (Wildman–Crippen MR) is 239 cm³/mol. The van der Waals surface area contributed by atoms with Crippen LogP contribution in [0.5, 0.6) is 0 Å². The summed E-state index contributed by atoms with van der Waals surface area (Å²) in [6.45, 7) is 1.39. The summed E-state index contributed by atoms with van der Waals surface area (Å²) in [6.07, 6.45) is -1.36. The summed E-state index contributed by atoms with van der Waals surface area (Å²) in [4.78, 5) is 45.6. The molecule has 16 nitrogen and oxygen atoms in total. The van der Waals surface area contributed by atoms with Crippen LogP contribution in [0.15, 0.2) is 42.5 Å². The second kappa shape index (κ2) is 21.7. The van der Waals surface area contributed by atoms with Crippen molar-refractivity contribution in [1.82, 2.24) is 19.8 Å². The molecule has 0 radical (unpaired) electrons. The zero-order valence-corrected chi connectivity index (χ0v) is 36.9. The molecular weight excluding hydrogens is 847 g/mol. The molecule has 7 N–H and O–H groups in total. The van der Waals surface area contributed by atoms with Crippen molar-refractivity contribution in [2.45, 2.75) is 81.6 Å². The summed E-state index contributed by atoms with van der Waals surface area (Å²) in [5.74, 6) is 1.54. The van der Waals surface area contributed by atoms with E-state index in [-0.39, 0.29) is 36.7 Å². The monoisotopic (exact) mass is 904 g/mol. The van der Waals surface area contributed by atoms with Gasteiger partial charge in [-0.05, 0) is 67.5 Å². The van der Waals surface area contributed by atoms with Crippen molar-refractivity contribution in [3.05, 3.63) is 69.3 Å². The maximum Gasteiger partial charge on any atom is 0.272 e. The smallest absolute Gasteiger partial charge is 0.272 e. The summed E-state index contributed by atoms with van der Waals surface area (Å²) >= 11 is 15.5. The van der Waals surface area contributed by atoms with E-state index in [1.165, 1.54) is 26.0 Å². The molecule has 2 fully saturated rings. The van der Waals surface area contributed by atoms with E-state index in [1.54, 1.807) is 23.7 Å². The van der Waals surface area contributed by atoms with Gasteiger partial charge in [-0.15, -0.1) is 11.8 Å². The maximum atomic E-state index is 14.1. The van der Waals surface area contributed by atoms with Crippen molar-refractivity contribution in [1.29, 1.82) is 0 Å². The second-order valence-corrected chi connectivity index (χ2v) is 17.8. The molecule has 0 spiro atoms. The molecule has 1 saturated heterocycles. The summed E-state index contributed by atoms with van der Waals surface area (Å²) in [6, 6.07) is 13.9. The predicted octanol–water partition coefficient (Wildman–Crippen LogP) is 2.44. The number of carbonyl (C=O) groups excluding carboxylic acids is 2. The van der Waals surface area contributed by atoms with Crippen LogP contribution in [0.2, 0.25) is 10.0 Å². The first-order valence-electron chi connectivity index (χ1n) is 20.8. The second-order valence-electron chi connectivity index (χ2n) is 16.0. The Kier molecular flexibility index (Phi) is 16.7. The Morgan fingerprint density at radius 2 is 1.62 bits per heavy atom. The lowest BCUT2D eigenvalue weighted by Crippen LogP contribution is -2.52. The van der Waals surface area contributed by atoms with Crippen LogP contribution in [0.3, 0.4) is 0 Å². The normalized spacial score (nSPS) is 18.7. The van der Waals surface area contributed by atoms with Crippen LogP contribution >= 0.6 is 35.0 Å². The average Bonchev–Trinajstić information content (AvgIpc) is 4.01. The number of thioether (sulfide) groups is 1. The summed E-state index contributed by atoms with van der Waals surface area (Å²) < 4.78 is 0. The third-order valence-electron chi connectivity index (χ3n) is 11.4. The van der Waals surface area contributed by atoms with Crippen molar-refractivity contribution in [2.75, 3.05) is 91.7 Å². The molecule has 0 bridgehead atoms. The van der Waals surface area contributed by atoms with Gasteiger partial charge in [-0.25, -0.2) is 4.98 Å². The van der Waals surface area contributed by atoms with Crippen LogP contribution in [-0.4, -0.2) is 170 Å². The van der Waals surface area contributed by atoms with E-state index in [2.05, 4.69) is 37.2 Å². The van der Waals surface area contributed by atoms with Gasteiger partial charge >= 0.3 is 0 Å². The number of aliphatic hydroxyl groups excluding tert-OH is 6. The number of hydrogen-bond acceptors (Lipinski definition) is 15. The highest BCUT2D eigenvalue weighted by Crippen LogP contribution is 2.41. The fourth-order valence-electron chi connectivity index (χ4n) is 7.70. The summed E-state index contributed by atoms with van der Waals surface area (Å²) in [7, 11) is 3.06. The number of rotatable bonds is 21. The van der Waals surface area contributed by atoms with Crippen LogP contribution < -0.4 is 20.0 Å². The molecule has 334 valence electrons. The van der Waals surface area contributed by atoms with Gasteiger partial charge in [0.15, 0.2) is 0 Å². The number of amides is 2. The first-order valence-corrected chi connectivity index (χ1v) is 22.7. The Morgan fingerprint density at radius 3 is 2.34 bits per heavy atom. The Hall–Kier alpha value is -3.49. The zero-order chi connectivity index (χ0) is 43.8. The van der Waals surface area contributed by atoms with Crippen molar-refractivity contribution in [3.63, 3.8) is 0 Å². The summed E-state index contributed by atoms with van der Waals surface area (Å²) in [5, 5.41) is 63.3. The molecule has 2 aliphatic heterocycles. The Morgan fingerprint density at radius 1 is 0.918 bits per heavy atom. The number of hydrogen-bond donors (Lipinski definition) is 7. The van der Waals surface area contributed by atoms with E-state index in [4.69, 9.17) is 28.3 Å². The zero-order valence-electron chi connectivity index (χ0n) is 34.6. The van der Waals surface area contributed by atoms with Crippen molar-refractivity contribution in [2.24, 2.45) is 0 Å². The van der Waals surface area contributed by atoms with Crippen LogP contribution in [0.4, 0.5) is 23.1 Å². The van der Waals surface area contributed by atoms with E-state index < -0.39 is 43.5 Å². The summed E-state index contributed by atoms with van der Waals surface area (Å²) in [5.41, 5.74) is 3.98. The SMILES string of the molecule is CN(C[C@H](O)[C@@H](O)[C@H](O)[C@H](O)CO)C(=O)c1cc(NCCCCCc2cc(Cl)c(CN3CSC[C@H]3C(=O)N3CCN(C4CC4)c4ccccc43)cc2Cl)nc(N(C)CCO)n1. The Labute approximate surface area is 371 Å². The fourth-order valence-corrected chi connectivity index (χ4v) is 9.41. The fraction of sp³-hybridized carbons (Fsp3) is 0.571. The van der Waals surface area contributed by atoms with Gasteiger partial charge in [0.25, 0.3) is 5.91 Å². The van der Waals surface area contributed by atoms with E-state index in [9.17, 15) is 35.1 Å². The van der Waals surface area contributed by atoms with E-state index in [0.29, 0.717) is 41.5 Å². The number of unbranched alkanes of at least 4 members (excludes halogenated alkanes) is 2. The molecule has 6 rings (SSSR count). The number of halogens is 2. The number of nitrogens with one attached hydrogen (secondary N) is 1. The molecular formula is C42H58Cl2N8O8S.